The number of nitrogens with two attached hydrogens (primary N) is 1. The summed E-state index contributed by atoms with van der Waals surface area (Å²) < 4.78 is 5.34. The highest BCUT2D eigenvalue weighted by atomic mass is 16.5. The van der Waals surface area contributed by atoms with Crippen LogP contribution in [0.15, 0.2) is 5.16 Å². The Morgan fingerprint density at radius 3 is 2.65 bits per heavy atom. The van der Waals surface area contributed by atoms with Crippen molar-refractivity contribution in [2.45, 2.75) is 45.6 Å². The number of nitrogens with zero attached hydrogens (tertiary/aromatic N) is 2. The molecule has 0 aromatic rings. The smallest absolute Gasteiger partial charge is 0.236 e. The minimum Gasteiger partial charge on any atom is -0.409 e. The molecule has 114 valence electrons. The third kappa shape index (κ3) is 2.49. The van der Waals surface area contributed by atoms with E-state index < -0.39 is 5.41 Å². The zero-order chi connectivity index (χ0) is 14.8. The predicted molar refractivity (Wildman–Crippen MR) is 75.5 cm³/mol. The lowest BCUT2D eigenvalue weighted by atomic mass is 9.77. The number of rotatable bonds is 3. The van der Waals surface area contributed by atoms with Gasteiger partial charge in [-0.15, -0.1) is 0 Å². The quantitative estimate of drug-likeness (QED) is 0.352. The van der Waals surface area contributed by atoms with Crippen molar-refractivity contribution in [3.05, 3.63) is 0 Å². The van der Waals surface area contributed by atoms with E-state index in [0.717, 1.165) is 19.4 Å². The fourth-order valence-electron chi connectivity index (χ4n) is 3.41. The Morgan fingerprint density at radius 2 is 2.10 bits per heavy atom. The van der Waals surface area contributed by atoms with Gasteiger partial charge in [0.1, 0.15) is 5.41 Å². The Morgan fingerprint density at radius 1 is 1.45 bits per heavy atom. The van der Waals surface area contributed by atoms with Gasteiger partial charge >= 0.3 is 0 Å². The first kappa shape index (κ1) is 15.1. The van der Waals surface area contributed by atoms with E-state index in [-0.39, 0.29) is 17.8 Å². The highest BCUT2D eigenvalue weighted by Gasteiger charge is 2.49. The fraction of sp³-hybridized carbons (Fsp3) is 0.857. The van der Waals surface area contributed by atoms with Gasteiger partial charge in [0.15, 0.2) is 5.84 Å². The number of hydrogen-bond acceptors (Lipinski definition) is 4. The number of oxime groups is 1. The van der Waals surface area contributed by atoms with Gasteiger partial charge in [-0.1, -0.05) is 19.0 Å². The SMILES string of the molecule is CC(C)C1CCCN1C(=O)C1(C(N)=NO)CCOCC1. The number of hydrogen-bond donors (Lipinski definition) is 2. The molecule has 0 radical (unpaired) electrons. The highest BCUT2D eigenvalue weighted by Crippen LogP contribution is 2.36. The summed E-state index contributed by atoms with van der Waals surface area (Å²) in [5, 5.41) is 12.2. The lowest BCUT2D eigenvalue weighted by Gasteiger charge is -2.40. The summed E-state index contributed by atoms with van der Waals surface area (Å²) >= 11 is 0. The zero-order valence-corrected chi connectivity index (χ0v) is 12.3. The molecule has 2 aliphatic heterocycles. The maximum Gasteiger partial charge on any atom is 0.236 e. The number of carbonyl (C=O) groups is 1. The first-order chi connectivity index (χ1) is 9.53. The van der Waals surface area contributed by atoms with Gasteiger partial charge in [-0.05, 0) is 31.6 Å². The van der Waals surface area contributed by atoms with Crippen LogP contribution in [0.3, 0.4) is 0 Å². The van der Waals surface area contributed by atoms with E-state index in [4.69, 9.17) is 15.7 Å². The lowest BCUT2D eigenvalue weighted by Crippen LogP contribution is -2.55. The molecule has 0 aliphatic carbocycles. The van der Waals surface area contributed by atoms with Crippen molar-refractivity contribution >= 4 is 11.7 Å². The van der Waals surface area contributed by atoms with Crippen LogP contribution in [0.2, 0.25) is 0 Å². The van der Waals surface area contributed by atoms with E-state index in [1.54, 1.807) is 0 Å². The molecule has 1 atom stereocenters. The lowest BCUT2D eigenvalue weighted by molar-refractivity contribution is -0.144. The number of amides is 1. The predicted octanol–water partition coefficient (Wildman–Crippen LogP) is 1.18. The molecule has 1 unspecified atom stereocenters. The maximum absolute atomic E-state index is 13.0. The first-order valence-electron chi connectivity index (χ1n) is 7.40. The molecule has 0 aromatic carbocycles. The van der Waals surface area contributed by atoms with Crippen LogP contribution in [-0.2, 0) is 9.53 Å². The Hall–Kier alpha value is -1.30. The van der Waals surface area contributed by atoms with Gasteiger partial charge < -0.3 is 20.6 Å². The van der Waals surface area contributed by atoms with Crippen LogP contribution in [0.5, 0.6) is 0 Å². The van der Waals surface area contributed by atoms with Crippen molar-refractivity contribution in [3.63, 3.8) is 0 Å². The summed E-state index contributed by atoms with van der Waals surface area (Å²) in [5.74, 6) is 0.457. The summed E-state index contributed by atoms with van der Waals surface area (Å²) in [6.07, 6.45) is 3.04. The molecule has 0 saturated carbocycles. The molecule has 3 N–H and O–H groups in total. The van der Waals surface area contributed by atoms with Crippen LogP contribution in [0.1, 0.15) is 39.5 Å². The van der Waals surface area contributed by atoms with Crippen LogP contribution < -0.4 is 5.73 Å². The molecule has 2 saturated heterocycles. The minimum atomic E-state index is -0.884. The Labute approximate surface area is 119 Å². The van der Waals surface area contributed by atoms with Crippen LogP contribution >= 0.6 is 0 Å². The molecule has 2 fully saturated rings. The molecule has 20 heavy (non-hydrogen) atoms. The van der Waals surface area contributed by atoms with Gasteiger partial charge in [0.25, 0.3) is 0 Å². The second-order valence-corrected chi connectivity index (χ2v) is 6.13. The van der Waals surface area contributed by atoms with Gasteiger partial charge in [-0.2, -0.15) is 0 Å². The molecule has 0 bridgehead atoms. The molecular weight excluding hydrogens is 258 g/mol. The molecule has 6 nitrogen and oxygen atoms in total. The van der Waals surface area contributed by atoms with E-state index in [1.165, 1.54) is 0 Å². The van der Waals surface area contributed by atoms with Gasteiger partial charge in [0.05, 0.1) is 0 Å². The van der Waals surface area contributed by atoms with Crippen molar-refractivity contribution in [2.75, 3.05) is 19.8 Å². The number of amidine groups is 1. The normalized spacial score (nSPS) is 27.1. The first-order valence-corrected chi connectivity index (χ1v) is 7.40. The average Bonchev–Trinajstić information content (AvgIpc) is 2.95. The zero-order valence-electron chi connectivity index (χ0n) is 12.3. The minimum absolute atomic E-state index is 0.00676. The van der Waals surface area contributed by atoms with Gasteiger partial charge in [0, 0.05) is 25.8 Å². The maximum atomic E-state index is 13.0. The molecule has 2 rings (SSSR count). The van der Waals surface area contributed by atoms with E-state index in [2.05, 4.69) is 19.0 Å². The fourth-order valence-corrected chi connectivity index (χ4v) is 3.41. The number of likely N-dealkylation sites (tertiary alicyclic amines) is 1. The van der Waals surface area contributed by atoms with E-state index in [0.29, 0.717) is 32.0 Å². The van der Waals surface area contributed by atoms with Crippen LogP contribution in [0.4, 0.5) is 0 Å². The van der Waals surface area contributed by atoms with E-state index in [1.807, 2.05) is 4.90 Å². The monoisotopic (exact) mass is 283 g/mol. The van der Waals surface area contributed by atoms with Crippen LogP contribution in [0.25, 0.3) is 0 Å². The van der Waals surface area contributed by atoms with E-state index >= 15 is 0 Å². The number of ether oxygens (including phenoxy) is 1. The van der Waals surface area contributed by atoms with Gasteiger partial charge in [-0.3, -0.25) is 4.79 Å². The molecule has 0 aromatic heterocycles. The Bertz CT molecular complexity index is 389. The Kier molecular flexibility index (Phi) is 4.52. The third-order valence-electron chi connectivity index (χ3n) is 4.68. The number of carbonyl (C=O) groups excluding carboxylic acids is 1. The molecular formula is C14H25N3O3. The third-order valence-corrected chi connectivity index (χ3v) is 4.68. The van der Waals surface area contributed by atoms with Crippen molar-refractivity contribution in [3.8, 4) is 0 Å². The molecule has 2 heterocycles. The largest absolute Gasteiger partial charge is 0.409 e. The summed E-state index contributed by atoms with van der Waals surface area (Å²) in [6.45, 7) is 5.99. The average molecular weight is 283 g/mol. The summed E-state index contributed by atoms with van der Waals surface area (Å²) in [5.41, 5.74) is 4.99. The molecule has 1 amide bonds. The summed E-state index contributed by atoms with van der Waals surface area (Å²) in [4.78, 5) is 15.0. The van der Waals surface area contributed by atoms with Crippen molar-refractivity contribution < 1.29 is 14.7 Å². The molecule has 6 heteroatoms. The molecule has 2 aliphatic rings. The second-order valence-electron chi connectivity index (χ2n) is 6.13. The van der Waals surface area contributed by atoms with Gasteiger partial charge in [0.2, 0.25) is 5.91 Å². The van der Waals surface area contributed by atoms with E-state index in [9.17, 15) is 4.79 Å². The van der Waals surface area contributed by atoms with Crippen molar-refractivity contribution in [2.24, 2.45) is 22.2 Å². The second kappa shape index (κ2) is 5.99. The van der Waals surface area contributed by atoms with Crippen molar-refractivity contribution in [1.82, 2.24) is 4.90 Å². The standard InChI is InChI=1S/C14H25N3O3/c1-10(2)11-4-3-7-17(11)13(18)14(12(15)16-19)5-8-20-9-6-14/h10-11,19H,3-9H2,1-2H3,(H2,15,16). The summed E-state index contributed by atoms with van der Waals surface area (Å²) in [6, 6.07) is 0.258. The Balaban J connectivity index is 2.27. The van der Waals surface area contributed by atoms with Gasteiger partial charge in [-0.25, -0.2) is 0 Å². The molecule has 0 spiro atoms. The van der Waals surface area contributed by atoms with Crippen molar-refractivity contribution in [1.29, 1.82) is 0 Å². The van der Waals surface area contributed by atoms with Crippen LogP contribution in [0, 0.1) is 11.3 Å². The highest BCUT2D eigenvalue weighted by molar-refractivity contribution is 6.07. The summed E-state index contributed by atoms with van der Waals surface area (Å²) in [7, 11) is 0. The van der Waals surface area contributed by atoms with Crippen LogP contribution in [-0.4, -0.2) is 47.7 Å². The topological polar surface area (TPSA) is 88.2 Å².